The van der Waals surface area contributed by atoms with E-state index in [9.17, 15) is 51.1 Å². The van der Waals surface area contributed by atoms with Gasteiger partial charge in [-0.2, -0.15) is 13.2 Å². The third-order valence-electron chi connectivity index (χ3n) is 6.85. The summed E-state index contributed by atoms with van der Waals surface area (Å²) < 4.78 is 58.6. The third kappa shape index (κ3) is 7.13. The number of fused-ring (bicyclic) bond motifs is 1. The molecule has 2 atom stereocenters. The van der Waals surface area contributed by atoms with Gasteiger partial charge in [-0.3, -0.25) is 19.3 Å². The zero-order valence-corrected chi connectivity index (χ0v) is 26.6. The summed E-state index contributed by atoms with van der Waals surface area (Å²) in [6.07, 6.45) is -3.70. The molecule has 1 aromatic carbocycles. The van der Waals surface area contributed by atoms with Gasteiger partial charge in [0.25, 0.3) is 27.7 Å². The summed E-state index contributed by atoms with van der Waals surface area (Å²) in [6.45, 7) is 1.69. The number of nitrogen functional groups attached to an aromatic ring is 1. The van der Waals surface area contributed by atoms with Crippen LogP contribution in [0.15, 0.2) is 62.6 Å². The number of allylic oxidation sites excluding steroid dienone is 1. The SMILES string of the molecule is Cc1ccc(S(=O)(=O)N2CCC(=CC3=C(C(=O)O)N4C(=O)[C@@H](NC(=O)C(=NO)c5csc(N)n5)[C@H]4SC3)C2=O)cc1.O=C(O)C(F)(F)F. The first-order valence-corrected chi connectivity index (χ1v) is 16.5. The van der Waals surface area contributed by atoms with Crippen molar-refractivity contribution < 1.29 is 61.0 Å². The number of rotatable bonds is 7. The van der Waals surface area contributed by atoms with Crippen LogP contribution in [0.2, 0.25) is 0 Å². The quantitative estimate of drug-likeness (QED) is 0.0882. The fraction of sp³-hybridized carbons (Fsp3) is 0.269. The molecule has 256 valence electrons. The number of carboxylic acid groups (broad SMARTS) is 2. The average Bonchev–Trinajstić information content (AvgIpc) is 3.61. The number of β-lactam (4-membered cyclic amide) rings is 1. The lowest BCUT2D eigenvalue weighted by molar-refractivity contribution is -0.192. The van der Waals surface area contributed by atoms with Gasteiger partial charge in [0.2, 0.25) is 0 Å². The van der Waals surface area contributed by atoms with Gasteiger partial charge in [-0.25, -0.2) is 27.3 Å². The number of thiazole rings is 1. The van der Waals surface area contributed by atoms with Gasteiger partial charge in [0, 0.05) is 23.3 Å². The summed E-state index contributed by atoms with van der Waals surface area (Å²) in [4.78, 5) is 64.7. The van der Waals surface area contributed by atoms with Crippen molar-refractivity contribution in [3.8, 4) is 0 Å². The molecule has 1 aromatic heterocycles. The monoisotopic (exact) mass is 732 g/mol. The van der Waals surface area contributed by atoms with Gasteiger partial charge in [0.05, 0.1) is 4.90 Å². The number of aliphatic carboxylic acids is 2. The molecule has 0 aliphatic carbocycles. The Labute approximate surface area is 276 Å². The number of hydrogen-bond acceptors (Lipinski definition) is 13. The van der Waals surface area contributed by atoms with Gasteiger partial charge in [-0.15, -0.1) is 23.1 Å². The summed E-state index contributed by atoms with van der Waals surface area (Å²) in [7, 11) is -4.11. The maximum atomic E-state index is 13.1. The zero-order valence-electron chi connectivity index (χ0n) is 24.2. The highest BCUT2D eigenvalue weighted by atomic mass is 32.2. The topological polar surface area (TPSA) is 250 Å². The molecule has 2 fully saturated rings. The summed E-state index contributed by atoms with van der Waals surface area (Å²) >= 11 is 2.17. The van der Waals surface area contributed by atoms with E-state index in [0.717, 1.165) is 37.9 Å². The Morgan fingerprint density at radius 1 is 1.17 bits per heavy atom. The lowest BCUT2D eigenvalue weighted by Gasteiger charge is -2.49. The molecule has 2 aromatic rings. The molecule has 3 amide bonds. The van der Waals surface area contributed by atoms with Crippen LogP contribution in [-0.2, 0) is 34.0 Å². The van der Waals surface area contributed by atoms with Crippen molar-refractivity contribution in [3.63, 3.8) is 0 Å². The summed E-state index contributed by atoms with van der Waals surface area (Å²) in [5.74, 6) is -6.52. The first-order valence-electron chi connectivity index (χ1n) is 13.2. The summed E-state index contributed by atoms with van der Waals surface area (Å²) in [5, 5.41) is 32.5. The molecule has 3 aliphatic heterocycles. The van der Waals surface area contributed by atoms with Gasteiger partial charge < -0.3 is 26.5 Å². The second-order valence-electron chi connectivity index (χ2n) is 9.98. The molecule has 3 aliphatic rings. The van der Waals surface area contributed by atoms with E-state index in [1.54, 1.807) is 19.1 Å². The van der Waals surface area contributed by atoms with E-state index in [2.05, 4.69) is 15.5 Å². The minimum absolute atomic E-state index is 0.00660. The fourth-order valence-electron chi connectivity index (χ4n) is 4.57. The number of sulfonamides is 1. The lowest BCUT2D eigenvalue weighted by atomic mass is 10.0. The number of carboxylic acids is 2. The van der Waals surface area contributed by atoms with E-state index in [0.29, 0.717) is 0 Å². The van der Waals surface area contributed by atoms with Crippen molar-refractivity contribution in [2.45, 2.75) is 35.8 Å². The molecule has 0 radical (unpaired) electrons. The van der Waals surface area contributed by atoms with Gasteiger partial charge in [-0.05, 0) is 37.1 Å². The number of amides is 3. The second-order valence-corrected chi connectivity index (χ2v) is 13.8. The third-order valence-corrected chi connectivity index (χ3v) is 10.6. The molecule has 4 heterocycles. The van der Waals surface area contributed by atoms with Gasteiger partial charge >= 0.3 is 18.1 Å². The van der Waals surface area contributed by atoms with Crippen LogP contribution in [0.3, 0.4) is 0 Å². The molecule has 0 unspecified atom stereocenters. The Morgan fingerprint density at radius 2 is 1.79 bits per heavy atom. The first kappa shape index (κ1) is 35.9. The van der Waals surface area contributed by atoms with Crippen LogP contribution < -0.4 is 11.1 Å². The van der Waals surface area contributed by atoms with E-state index < -0.39 is 63.0 Å². The van der Waals surface area contributed by atoms with Gasteiger partial charge in [-0.1, -0.05) is 22.9 Å². The highest BCUT2D eigenvalue weighted by Gasteiger charge is 2.54. The number of hydrogen-bond donors (Lipinski definition) is 5. The Balaban J connectivity index is 0.000000671. The van der Waals surface area contributed by atoms with Crippen molar-refractivity contribution in [3.05, 3.63) is 63.8 Å². The van der Waals surface area contributed by atoms with Crippen LogP contribution in [0, 0.1) is 6.92 Å². The molecule has 16 nitrogen and oxygen atoms in total. The number of halogens is 3. The second kappa shape index (κ2) is 13.6. The largest absolute Gasteiger partial charge is 0.490 e. The molecule has 22 heteroatoms. The highest BCUT2D eigenvalue weighted by Crippen LogP contribution is 2.41. The number of anilines is 1. The number of carbonyl (C=O) groups excluding carboxylic acids is 3. The molecule has 6 N–H and O–H groups in total. The Morgan fingerprint density at radius 3 is 2.31 bits per heavy atom. The molecule has 48 heavy (non-hydrogen) atoms. The fourth-order valence-corrected chi connectivity index (χ4v) is 7.83. The van der Waals surface area contributed by atoms with Crippen LogP contribution in [-0.4, -0.2) is 103 Å². The molecule has 0 bridgehead atoms. The number of nitrogens with two attached hydrogens (primary N) is 1. The number of nitrogens with one attached hydrogen (secondary N) is 1. The first-order chi connectivity index (χ1) is 22.4. The van der Waals surface area contributed by atoms with E-state index in [4.69, 9.17) is 15.6 Å². The Kier molecular flexibility index (Phi) is 10.2. The van der Waals surface area contributed by atoms with E-state index in [1.165, 1.54) is 23.6 Å². The van der Waals surface area contributed by atoms with Crippen LogP contribution in [0.1, 0.15) is 17.7 Å². The number of aromatic nitrogens is 1. The Hall–Kier alpha value is -4.96. The minimum atomic E-state index is -5.08. The zero-order chi connectivity index (χ0) is 35.7. The normalized spacial score (nSPS) is 20.6. The number of benzene rings is 1. The van der Waals surface area contributed by atoms with Crippen molar-refractivity contribution >= 4 is 73.6 Å². The van der Waals surface area contributed by atoms with Crippen molar-refractivity contribution in [2.75, 3.05) is 18.0 Å². The summed E-state index contributed by atoms with van der Waals surface area (Å²) in [6, 6.07) is 4.95. The maximum Gasteiger partial charge on any atom is 0.490 e. The Bertz CT molecular complexity index is 1890. The molecular weight excluding hydrogens is 710 g/mol. The molecule has 0 spiro atoms. The number of aryl methyl sites for hydroxylation is 1. The van der Waals surface area contributed by atoms with Crippen molar-refractivity contribution in [2.24, 2.45) is 5.16 Å². The van der Waals surface area contributed by atoms with Crippen molar-refractivity contribution in [1.29, 1.82) is 0 Å². The van der Waals surface area contributed by atoms with E-state index >= 15 is 0 Å². The smallest absolute Gasteiger partial charge is 0.477 e. The van der Waals surface area contributed by atoms with Gasteiger partial charge in [0.1, 0.15) is 22.8 Å². The number of oxime groups is 1. The molecule has 5 rings (SSSR count). The van der Waals surface area contributed by atoms with Crippen LogP contribution >= 0.6 is 23.1 Å². The minimum Gasteiger partial charge on any atom is -0.477 e. The maximum absolute atomic E-state index is 13.1. The van der Waals surface area contributed by atoms with E-state index in [1.807, 2.05) is 0 Å². The number of thioether (sulfide) groups is 1. The number of carbonyl (C=O) groups is 5. The van der Waals surface area contributed by atoms with Crippen LogP contribution in [0.5, 0.6) is 0 Å². The molecule has 0 saturated carbocycles. The number of nitrogens with zero attached hydrogens (tertiary/aromatic N) is 4. The average molecular weight is 733 g/mol. The summed E-state index contributed by atoms with van der Waals surface area (Å²) in [5.41, 5.74) is 5.84. The highest BCUT2D eigenvalue weighted by molar-refractivity contribution is 8.00. The standard InChI is InChI=1S/C24H22N6O8S3.C2HF3O2/c1-11-2-4-14(5-3-11)41(37,38)29-7-6-12(20(29)32)8-13-9-39-22-17(21(33)30(22)18(13)23(34)35)27-19(31)16(28-36)15-10-40-24(25)26-15;3-2(4,5)1(6)7/h2-5,8,10,17,22,36H,6-7,9H2,1H3,(H2,25,26)(H,27,31)(H,34,35);(H,6,7)/t17-,22-;/m1./s1. The van der Waals surface area contributed by atoms with Gasteiger partial charge in [0.15, 0.2) is 10.8 Å². The van der Waals surface area contributed by atoms with Crippen molar-refractivity contribution in [1.82, 2.24) is 19.5 Å². The molecule has 2 saturated heterocycles. The molecular formula is C26H23F3N6O10S3. The van der Waals surface area contributed by atoms with E-state index in [-0.39, 0.29) is 51.3 Å². The lowest BCUT2D eigenvalue weighted by Crippen LogP contribution is -2.71. The predicted molar refractivity (Wildman–Crippen MR) is 161 cm³/mol. The van der Waals surface area contributed by atoms with Crippen LogP contribution in [0.4, 0.5) is 18.3 Å². The van der Waals surface area contributed by atoms with Crippen LogP contribution in [0.25, 0.3) is 0 Å². The predicted octanol–water partition coefficient (Wildman–Crippen LogP) is 1.13. The number of alkyl halides is 3.